The van der Waals surface area contributed by atoms with Crippen LogP contribution in [0.5, 0.6) is 11.5 Å². The van der Waals surface area contributed by atoms with Crippen molar-refractivity contribution >= 4 is 52.2 Å². The maximum Gasteiger partial charge on any atom is 0.294 e. The Balaban J connectivity index is 1.21. The first-order chi connectivity index (χ1) is 19.9. The first-order valence-electron chi connectivity index (χ1n) is 13.4. The van der Waals surface area contributed by atoms with Crippen molar-refractivity contribution in [2.75, 3.05) is 44.2 Å². The van der Waals surface area contributed by atoms with E-state index in [1.54, 1.807) is 35.2 Å². The van der Waals surface area contributed by atoms with E-state index in [9.17, 15) is 14.4 Å². The lowest BCUT2D eigenvalue weighted by Gasteiger charge is -2.36. The molecule has 0 aliphatic carbocycles. The number of rotatable bonds is 9. The van der Waals surface area contributed by atoms with Gasteiger partial charge >= 0.3 is 0 Å². The van der Waals surface area contributed by atoms with Crippen molar-refractivity contribution in [1.29, 1.82) is 0 Å². The molecule has 3 aromatic rings. The van der Waals surface area contributed by atoms with E-state index in [1.807, 2.05) is 55.5 Å². The first-order valence-corrected chi connectivity index (χ1v) is 14.6. The minimum absolute atomic E-state index is 0.236. The van der Waals surface area contributed by atoms with E-state index in [-0.39, 0.29) is 24.0 Å². The summed E-state index contributed by atoms with van der Waals surface area (Å²) >= 11 is 7.07. The Morgan fingerprint density at radius 1 is 0.927 bits per heavy atom. The molecule has 0 radical (unpaired) electrons. The van der Waals surface area contributed by atoms with E-state index in [4.69, 9.17) is 21.1 Å². The zero-order valence-electron chi connectivity index (χ0n) is 22.6. The molecule has 3 aromatic carbocycles. The number of imide groups is 1. The monoisotopic (exact) mass is 591 g/mol. The second kappa shape index (κ2) is 13.1. The molecule has 10 heteroatoms. The van der Waals surface area contributed by atoms with Gasteiger partial charge in [-0.3, -0.25) is 19.3 Å². The normalized spacial score (nSPS) is 16.4. The highest BCUT2D eigenvalue weighted by molar-refractivity contribution is 8.18. The first kappa shape index (κ1) is 28.6. The summed E-state index contributed by atoms with van der Waals surface area (Å²) in [5, 5.41) is 0.160. The van der Waals surface area contributed by atoms with Crippen LogP contribution in [0.1, 0.15) is 18.1 Å². The van der Waals surface area contributed by atoms with E-state index in [2.05, 4.69) is 4.90 Å². The van der Waals surface area contributed by atoms with Crippen LogP contribution in [0.3, 0.4) is 0 Å². The van der Waals surface area contributed by atoms with Crippen molar-refractivity contribution in [3.63, 3.8) is 0 Å². The molecule has 0 saturated carbocycles. The van der Waals surface area contributed by atoms with E-state index in [0.29, 0.717) is 54.9 Å². The van der Waals surface area contributed by atoms with Crippen LogP contribution in [0.4, 0.5) is 10.5 Å². The standard InChI is InChI=1S/C31H30ClN3O5S/c1-2-39-27-18-22(12-13-26(27)40-21-23-8-6-7-11-25(23)32)19-28-30(37)35(31(38)41-28)20-29(36)34-16-14-33(15-17-34)24-9-4-3-5-10-24/h3-13,18-19H,2,14-17,20-21H2,1H3/b28-19+. The van der Waals surface area contributed by atoms with Gasteiger partial charge in [0.1, 0.15) is 13.2 Å². The van der Waals surface area contributed by atoms with E-state index in [1.165, 1.54) is 0 Å². The number of benzene rings is 3. The number of para-hydroxylation sites is 1. The minimum atomic E-state index is -0.478. The predicted molar refractivity (Wildman–Crippen MR) is 161 cm³/mol. The third kappa shape index (κ3) is 6.86. The van der Waals surface area contributed by atoms with Crippen LogP contribution in [-0.4, -0.2) is 66.2 Å². The summed E-state index contributed by atoms with van der Waals surface area (Å²) in [6, 6.07) is 22.8. The van der Waals surface area contributed by atoms with Gasteiger partial charge in [-0.2, -0.15) is 0 Å². The number of carbonyl (C=O) groups excluding carboxylic acids is 3. The van der Waals surface area contributed by atoms with Gasteiger partial charge in [-0.05, 0) is 60.7 Å². The molecule has 2 aliphatic rings. The molecule has 0 bridgehead atoms. The highest BCUT2D eigenvalue weighted by atomic mass is 35.5. The van der Waals surface area contributed by atoms with E-state index < -0.39 is 11.1 Å². The van der Waals surface area contributed by atoms with Gasteiger partial charge < -0.3 is 19.3 Å². The molecule has 0 aromatic heterocycles. The SMILES string of the molecule is CCOc1cc(/C=C2/SC(=O)N(CC(=O)N3CCN(c4ccccc4)CC3)C2=O)ccc1OCc1ccccc1Cl. The van der Waals surface area contributed by atoms with Gasteiger partial charge in [0, 0.05) is 42.5 Å². The Labute approximate surface area is 248 Å². The lowest BCUT2D eigenvalue weighted by Crippen LogP contribution is -2.51. The molecule has 2 saturated heterocycles. The molecule has 212 valence electrons. The molecule has 2 fully saturated rings. The van der Waals surface area contributed by atoms with Crippen molar-refractivity contribution in [1.82, 2.24) is 9.80 Å². The number of piperazine rings is 1. The van der Waals surface area contributed by atoms with Gasteiger partial charge in [0.25, 0.3) is 11.1 Å². The Morgan fingerprint density at radius 2 is 1.66 bits per heavy atom. The number of carbonyl (C=O) groups is 3. The van der Waals surface area contributed by atoms with Crippen molar-refractivity contribution in [3.8, 4) is 11.5 Å². The van der Waals surface area contributed by atoms with Crippen LogP contribution in [0, 0.1) is 0 Å². The summed E-state index contributed by atoms with van der Waals surface area (Å²) in [4.78, 5) is 44.0. The Morgan fingerprint density at radius 3 is 2.39 bits per heavy atom. The summed E-state index contributed by atoms with van der Waals surface area (Å²) in [5.41, 5.74) is 2.64. The smallest absolute Gasteiger partial charge is 0.294 e. The predicted octanol–water partition coefficient (Wildman–Crippen LogP) is 5.70. The molecule has 0 unspecified atom stereocenters. The number of thioether (sulfide) groups is 1. The molecule has 5 rings (SSSR count). The highest BCUT2D eigenvalue weighted by Gasteiger charge is 2.37. The van der Waals surface area contributed by atoms with Crippen LogP contribution in [0.2, 0.25) is 5.02 Å². The Hall–Kier alpha value is -3.95. The molecule has 2 aliphatic heterocycles. The van der Waals surface area contributed by atoms with Crippen molar-refractivity contribution < 1.29 is 23.9 Å². The van der Waals surface area contributed by atoms with Crippen molar-refractivity contribution in [3.05, 3.63) is 93.9 Å². The number of hydrogen-bond acceptors (Lipinski definition) is 7. The molecular formula is C31H30ClN3O5S. The lowest BCUT2D eigenvalue weighted by molar-refractivity contribution is -0.136. The average molecular weight is 592 g/mol. The second-order valence-corrected chi connectivity index (χ2v) is 10.9. The van der Waals surface area contributed by atoms with E-state index in [0.717, 1.165) is 27.9 Å². The largest absolute Gasteiger partial charge is 0.490 e. The van der Waals surface area contributed by atoms with Gasteiger partial charge in [0.2, 0.25) is 5.91 Å². The Kier molecular flexibility index (Phi) is 9.16. The molecule has 8 nitrogen and oxygen atoms in total. The number of halogens is 1. The summed E-state index contributed by atoms with van der Waals surface area (Å²) in [6.07, 6.45) is 1.63. The van der Waals surface area contributed by atoms with Crippen LogP contribution in [0.15, 0.2) is 77.7 Å². The average Bonchev–Trinajstić information content (AvgIpc) is 3.25. The molecule has 0 N–H and O–H groups in total. The molecule has 41 heavy (non-hydrogen) atoms. The molecule has 3 amide bonds. The number of ether oxygens (including phenoxy) is 2. The van der Waals surface area contributed by atoms with Crippen LogP contribution < -0.4 is 14.4 Å². The zero-order valence-corrected chi connectivity index (χ0v) is 24.2. The van der Waals surface area contributed by atoms with Crippen molar-refractivity contribution in [2.45, 2.75) is 13.5 Å². The summed E-state index contributed by atoms with van der Waals surface area (Å²) in [6.45, 7) is 4.74. The summed E-state index contributed by atoms with van der Waals surface area (Å²) < 4.78 is 11.7. The topological polar surface area (TPSA) is 79.4 Å². The maximum absolute atomic E-state index is 13.1. The summed E-state index contributed by atoms with van der Waals surface area (Å²) in [5.74, 6) is 0.334. The molecule has 0 spiro atoms. The fourth-order valence-corrected chi connectivity index (χ4v) is 5.68. The lowest BCUT2D eigenvalue weighted by atomic mass is 10.1. The highest BCUT2D eigenvalue weighted by Crippen LogP contribution is 2.35. The van der Waals surface area contributed by atoms with Crippen molar-refractivity contribution in [2.24, 2.45) is 0 Å². The third-order valence-corrected chi connectivity index (χ3v) is 8.10. The quantitative estimate of drug-likeness (QED) is 0.295. The number of anilines is 1. The summed E-state index contributed by atoms with van der Waals surface area (Å²) in [7, 11) is 0. The fraction of sp³-hybridized carbons (Fsp3) is 0.258. The zero-order chi connectivity index (χ0) is 28.8. The number of amides is 3. The van der Waals surface area contributed by atoms with Gasteiger partial charge in [-0.1, -0.05) is 54.1 Å². The van der Waals surface area contributed by atoms with Crippen LogP contribution >= 0.6 is 23.4 Å². The van der Waals surface area contributed by atoms with Crippen LogP contribution in [-0.2, 0) is 16.2 Å². The maximum atomic E-state index is 13.1. The Bertz CT molecular complexity index is 1460. The van der Waals surface area contributed by atoms with Gasteiger partial charge in [-0.25, -0.2) is 0 Å². The van der Waals surface area contributed by atoms with E-state index >= 15 is 0 Å². The molecule has 2 heterocycles. The minimum Gasteiger partial charge on any atom is -0.490 e. The second-order valence-electron chi connectivity index (χ2n) is 9.49. The van der Waals surface area contributed by atoms with Gasteiger partial charge in [0.05, 0.1) is 11.5 Å². The molecular weight excluding hydrogens is 562 g/mol. The third-order valence-electron chi connectivity index (χ3n) is 6.83. The molecule has 0 atom stereocenters. The number of hydrogen-bond donors (Lipinski definition) is 0. The van der Waals surface area contributed by atoms with Gasteiger partial charge in [0.15, 0.2) is 11.5 Å². The van der Waals surface area contributed by atoms with Gasteiger partial charge in [-0.15, -0.1) is 0 Å². The number of nitrogens with zero attached hydrogens (tertiary/aromatic N) is 3. The van der Waals surface area contributed by atoms with Crippen LogP contribution in [0.25, 0.3) is 6.08 Å². The fourth-order valence-electron chi connectivity index (χ4n) is 4.65.